The third kappa shape index (κ3) is 3.81. The first-order chi connectivity index (χ1) is 17.5. The highest BCUT2D eigenvalue weighted by atomic mass is 19.1. The normalized spacial score (nSPS) is 23.7. The van der Waals surface area contributed by atoms with Gasteiger partial charge in [-0.15, -0.1) is 5.10 Å². The van der Waals surface area contributed by atoms with Crippen LogP contribution in [-0.2, 0) is 16.0 Å². The number of fused-ring (bicyclic) bond motifs is 2. The summed E-state index contributed by atoms with van der Waals surface area (Å²) in [6.07, 6.45) is 2.31. The van der Waals surface area contributed by atoms with Gasteiger partial charge in [0.1, 0.15) is 18.0 Å². The highest BCUT2D eigenvalue weighted by Crippen LogP contribution is 2.36. The molecule has 1 amide bonds. The molecule has 0 spiro atoms. The van der Waals surface area contributed by atoms with E-state index in [0.29, 0.717) is 51.4 Å². The zero-order valence-electron chi connectivity index (χ0n) is 19.2. The van der Waals surface area contributed by atoms with E-state index >= 15 is 0 Å². The number of pyridine rings is 1. The molecule has 2 aliphatic heterocycles. The maximum atomic E-state index is 14.7. The molecule has 1 unspecified atom stereocenters. The molecule has 2 fully saturated rings. The van der Waals surface area contributed by atoms with Gasteiger partial charge in [0, 0.05) is 37.4 Å². The fourth-order valence-electron chi connectivity index (χ4n) is 5.41. The number of amides is 1. The first-order valence-corrected chi connectivity index (χ1v) is 11.8. The van der Waals surface area contributed by atoms with Crippen molar-refractivity contribution in [2.45, 2.75) is 30.9 Å². The second-order valence-corrected chi connectivity index (χ2v) is 9.22. The van der Waals surface area contributed by atoms with Gasteiger partial charge in [0.15, 0.2) is 5.82 Å². The number of ether oxygens (including phenoxy) is 1. The van der Waals surface area contributed by atoms with E-state index in [0.717, 1.165) is 17.3 Å². The number of aryl methyl sites for hydroxylation is 1. The van der Waals surface area contributed by atoms with E-state index in [2.05, 4.69) is 30.3 Å². The summed E-state index contributed by atoms with van der Waals surface area (Å²) in [4.78, 5) is 25.2. The van der Waals surface area contributed by atoms with Crippen LogP contribution in [0.5, 0.6) is 0 Å². The van der Waals surface area contributed by atoms with E-state index in [-0.39, 0.29) is 23.4 Å². The molecule has 10 nitrogen and oxygen atoms in total. The van der Waals surface area contributed by atoms with Crippen LogP contribution in [0.4, 0.5) is 14.5 Å². The molecule has 0 bridgehead atoms. The van der Waals surface area contributed by atoms with Crippen molar-refractivity contribution in [2.75, 3.05) is 32.8 Å². The molecule has 0 N–H and O–H groups in total. The van der Waals surface area contributed by atoms with Crippen LogP contribution in [0, 0.1) is 18.2 Å². The van der Waals surface area contributed by atoms with Crippen LogP contribution >= 0.6 is 0 Å². The zero-order chi connectivity index (χ0) is 24.8. The number of hydrogen-bond donors (Lipinski definition) is 0. The number of carbonyl (C=O) groups excluding carboxylic acids is 1. The van der Waals surface area contributed by atoms with Crippen LogP contribution in [0.2, 0.25) is 0 Å². The minimum atomic E-state index is -0.873. The first kappa shape index (κ1) is 22.6. The highest BCUT2D eigenvalue weighted by Gasteiger charge is 2.40. The predicted octanol–water partition coefficient (Wildman–Crippen LogP) is 2.20. The van der Waals surface area contributed by atoms with Crippen LogP contribution < -0.4 is 0 Å². The second kappa shape index (κ2) is 9.00. The number of halogens is 2. The number of hydrogen-bond acceptors (Lipinski definition) is 7. The van der Waals surface area contributed by atoms with Crippen LogP contribution in [0.1, 0.15) is 35.3 Å². The van der Waals surface area contributed by atoms with E-state index < -0.39 is 23.4 Å². The minimum Gasteiger partial charge on any atom is -0.370 e. The Bertz CT molecular complexity index is 1360. The molecular weight excluding hydrogens is 470 g/mol. The average Bonchev–Trinajstić information content (AvgIpc) is 3.58. The molecule has 1 aliphatic carbocycles. The van der Waals surface area contributed by atoms with Gasteiger partial charge < -0.3 is 9.64 Å². The molecule has 3 atom stereocenters. The molecule has 12 heteroatoms. The Labute approximate surface area is 205 Å². The molecule has 184 valence electrons. The van der Waals surface area contributed by atoms with Gasteiger partial charge in [-0.05, 0) is 41.0 Å². The number of aromatic nitrogens is 5. The zero-order valence-corrected chi connectivity index (χ0v) is 19.2. The average molecular weight is 492 g/mol. The lowest BCUT2D eigenvalue weighted by Gasteiger charge is -2.46. The molecule has 0 saturated carbocycles. The second-order valence-electron chi connectivity index (χ2n) is 9.22. The smallest absolute Gasteiger partial charge is 0.257 e. The van der Waals surface area contributed by atoms with Gasteiger partial charge in [0.05, 0.1) is 31.2 Å². The lowest BCUT2D eigenvalue weighted by molar-refractivity contribution is -0.141. The molecule has 1 aromatic carbocycles. The Kier molecular flexibility index (Phi) is 5.66. The van der Waals surface area contributed by atoms with Crippen molar-refractivity contribution in [2.24, 2.45) is 0 Å². The Morgan fingerprint density at radius 1 is 1.14 bits per heavy atom. The molecule has 6 rings (SSSR count). The molecular formula is C24H22F2N8O2. The van der Waals surface area contributed by atoms with Crippen molar-refractivity contribution in [1.82, 2.24) is 35.0 Å². The molecule has 3 aromatic rings. The third-order valence-electron chi connectivity index (χ3n) is 7.28. The largest absolute Gasteiger partial charge is 0.370 e. The quantitative estimate of drug-likeness (QED) is 0.518. The number of morpholine rings is 1. The third-order valence-corrected chi connectivity index (χ3v) is 7.28. The van der Waals surface area contributed by atoms with Crippen molar-refractivity contribution >= 4 is 11.6 Å². The lowest BCUT2D eigenvalue weighted by atomic mass is 9.98. The highest BCUT2D eigenvalue weighted by molar-refractivity contribution is 5.85. The molecule has 3 aliphatic rings. The summed E-state index contributed by atoms with van der Waals surface area (Å²) in [6.45, 7) is 9.49. The Hall–Kier alpha value is -3.82. The number of rotatable bonds is 3. The van der Waals surface area contributed by atoms with Gasteiger partial charge in [0.25, 0.3) is 5.69 Å². The Morgan fingerprint density at radius 3 is 2.81 bits per heavy atom. The fourth-order valence-corrected chi connectivity index (χ4v) is 5.41. The molecule has 0 radical (unpaired) electrons. The topological polar surface area (TPSA) is 93.6 Å². The summed E-state index contributed by atoms with van der Waals surface area (Å²) in [5.41, 5.74) is 1.42. The predicted molar refractivity (Wildman–Crippen MR) is 121 cm³/mol. The van der Waals surface area contributed by atoms with Gasteiger partial charge in [-0.2, -0.15) is 4.68 Å². The molecule has 36 heavy (non-hydrogen) atoms. The Morgan fingerprint density at radius 2 is 2.00 bits per heavy atom. The van der Waals surface area contributed by atoms with E-state index in [1.54, 1.807) is 0 Å². The standard InChI is InChI=1S/C24H22F2N8O2/c1-27-23-18(25)5-2-17(22(23)26)20-11-32-8-9-33(10-14(32)12-36-20)24(35)16-3-6-19-15(16)4-7-21(29-19)34-13-28-30-31-34/h2,4-5,7,13-14,16,20H,3,6,8-12H2/t14-,16?,20+/m0/s1. The van der Waals surface area contributed by atoms with Crippen LogP contribution in [0.3, 0.4) is 0 Å². The molecule has 4 heterocycles. The van der Waals surface area contributed by atoms with Crippen molar-refractivity contribution < 1.29 is 18.3 Å². The van der Waals surface area contributed by atoms with E-state index in [4.69, 9.17) is 11.3 Å². The minimum absolute atomic E-state index is 0.0102. The van der Waals surface area contributed by atoms with Crippen molar-refractivity contribution in [1.29, 1.82) is 0 Å². The van der Waals surface area contributed by atoms with Gasteiger partial charge in [0.2, 0.25) is 5.91 Å². The number of nitrogens with zero attached hydrogens (tertiary/aromatic N) is 8. The van der Waals surface area contributed by atoms with Crippen LogP contribution in [0.15, 0.2) is 30.6 Å². The summed E-state index contributed by atoms with van der Waals surface area (Å²) < 4.78 is 35.9. The summed E-state index contributed by atoms with van der Waals surface area (Å²) in [6, 6.07) is 6.21. The number of piperazine rings is 1. The fraction of sp³-hybridized carbons (Fsp3) is 0.417. The monoisotopic (exact) mass is 492 g/mol. The van der Waals surface area contributed by atoms with Crippen LogP contribution in [0.25, 0.3) is 10.7 Å². The van der Waals surface area contributed by atoms with E-state index in [1.807, 2.05) is 17.0 Å². The summed E-state index contributed by atoms with van der Waals surface area (Å²) in [7, 11) is 0. The number of carbonyl (C=O) groups is 1. The van der Waals surface area contributed by atoms with E-state index in [1.165, 1.54) is 17.1 Å². The van der Waals surface area contributed by atoms with Crippen molar-refractivity contribution in [3.8, 4) is 5.82 Å². The first-order valence-electron chi connectivity index (χ1n) is 11.8. The maximum Gasteiger partial charge on any atom is 0.257 e. The van der Waals surface area contributed by atoms with Crippen LogP contribution in [-0.4, -0.2) is 79.7 Å². The summed E-state index contributed by atoms with van der Waals surface area (Å²) >= 11 is 0. The number of tetrazole rings is 1. The SMILES string of the molecule is [C-]#[N+]c1c(F)ccc([C@H]2CN3CCN(C(=O)C4CCc5nc(-n6cnnn6)ccc54)C[C@H]3CO2)c1F. The maximum absolute atomic E-state index is 14.7. The molecule has 2 aromatic heterocycles. The lowest BCUT2D eigenvalue weighted by Crippen LogP contribution is -2.60. The van der Waals surface area contributed by atoms with E-state index in [9.17, 15) is 13.6 Å². The van der Waals surface area contributed by atoms with Gasteiger partial charge in [-0.1, -0.05) is 12.1 Å². The number of benzene rings is 1. The van der Waals surface area contributed by atoms with Gasteiger partial charge >= 0.3 is 0 Å². The van der Waals surface area contributed by atoms with Gasteiger partial charge in [-0.3, -0.25) is 9.69 Å². The van der Waals surface area contributed by atoms with Crippen molar-refractivity contribution in [3.63, 3.8) is 0 Å². The molecule has 2 saturated heterocycles. The van der Waals surface area contributed by atoms with Crippen molar-refractivity contribution in [3.05, 3.63) is 70.5 Å². The summed E-state index contributed by atoms with van der Waals surface area (Å²) in [5, 5.41) is 11.1. The summed E-state index contributed by atoms with van der Waals surface area (Å²) in [5.74, 6) is -1.27. The van der Waals surface area contributed by atoms with Gasteiger partial charge in [-0.25, -0.2) is 18.6 Å². The Balaban J connectivity index is 1.12.